The van der Waals surface area contributed by atoms with E-state index in [2.05, 4.69) is 15.4 Å². The zero-order valence-electron chi connectivity index (χ0n) is 12.4. The minimum Gasteiger partial charge on any atom is -0.355 e. The van der Waals surface area contributed by atoms with Gasteiger partial charge < -0.3 is 10.6 Å². The summed E-state index contributed by atoms with van der Waals surface area (Å²) in [4.78, 5) is 11.6. The van der Waals surface area contributed by atoms with Gasteiger partial charge in [0.2, 0.25) is 15.9 Å². The first-order valence-electron chi connectivity index (χ1n) is 6.88. The second-order valence-electron chi connectivity index (χ2n) is 4.88. The van der Waals surface area contributed by atoms with Crippen LogP contribution in [0.3, 0.4) is 0 Å². The lowest BCUT2D eigenvalue weighted by atomic mass is 10.1. The molecule has 6 nitrogen and oxygen atoms in total. The van der Waals surface area contributed by atoms with Gasteiger partial charge in [-0.2, -0.15) is 0 Å². The maximum atomic E-state index is 11.8. The SMILES string of the molecule is CNCC(C)C(=O)NCCS(=O)(=O)NCc1ccccc1. The number of nitrogens with one attached hydrogen (secondary N) is 3. The van der Waals surface area contributed by atoms with Crippen molar-refractivity contribution >= 4 is 15.9 Å². The lowest BCUT2D eigenvalue weighted by Gasteiger charge is -2.12. The average Bonchev–Trinajstić information content (AvgIpc) is 2.46. The molecule has 0 saturated heterocycles. The highest BCUT2D eigenvalue weighted by atomic mass is 32.2. The number of hydrogen-bond acceptors (Lipinski definition) is 4. The van der Waals surface area contributed by atoms with E-state index < -0.39 is 10.0 Å². The number of hydrogen-bond donors (Lipinski definition) is 3. The summed E-state index contributed by atoms with van der Waals surface area (Å²) >= 11 is 0. The molecule has 0 heterocycles. The van der Waals surface area contributed by atoms with Crippen LogP contribution in [0.15, 0.2) is 30.3 Å². The van der Waals surface area contributed by atoms with Gasteiger partial charge >= 0.3 is 0 Å². The molecule has 3 N–H and O–H groups in total. The molecule has 0 aliphatic carbocycles. The van der Waals surface area contributed by atoms with Crippen molar-refractivity contribution in [1.29, 1.82) is 0 Å². The first-order valence-corrected chi connectivity index (χ1v) is 8.53. The Hall–Kier alpha value is -1.44. The van der Waals surface area contributed by atoms with Crippen LogP contribution >= 0.6 is 0 Å². The molecule has 21 heavy (non-hydrogen) atoms. The van der Waals surface area contributed by atoms with Crippen LogP contribution in [0.25, 0.3) is 0 Å². The molecular formula is C14H23N3O3S. The molecule has 0 aromatic heterocycles. The first-order chi connectivity index (χ1) is 9.94. The van der Waals surface area contributed by atoms with Gasteiger partial charge in [-0.25, -0.2) is 13.1 Å². The first kappa shape index (κ1) is 17.6. The van der Waals surface area contributed by atoms with Crippen molar-refractivity contribution in [2.45, 2.75) is 13.5 Å². The molecule has 7 heteroatoms. The summed E-state index contributed by atoms with van der Waals surface area (Å²) in [6.45, 7) is 2.71. The second kappa shape index (κ2) is 8.76. The lowest BCUT2D eigenvalue weighted by molar-refractivity contribution is -0.124. The minimum absolute atomic E-state index is 0.108. The topological polar surface area (TPSA) is 87.3 Å². The summed E-state index contributed by atoms with van der Waals surface area (Å²) in [5.41, 5.74) is 0.896. The monoisotopic (exact) mass is 313 g/mol. The van der Waals surface area contributed by atoms with Crippen molar-refractivity contribution in [3.63, 3.8) is 0 Å². The third-order valence-electron chi connectivity index (χ3n) is 2.97. The van der Waals surface area contributed by atoms with Crippen LogP contribution in [0.4, 0.5) is 0 Å². The molecule has 1 unspecified atom stereocenters. The molecule has 0 bridgehead atoms. The number of benzene rings is 1. The summed E-state index contributed by atoms with van der Waals surface area (Å²) < 4.78 is 26.1. The van der Waals surface area contributed by atoms with E-state index in [1.165, 1.54) is 0 Å². The molecule has 0 aliphatic rings. The predicted molar refractivity (Wildman–Crippen MR) is 83.2 cm³/mol. The highest BCUT2D eigenvalue weighted by Crippen LogP contribution is 1.98. The van der Waals surface area contributed by atoms with Crippen LogP contribution in [0, 0.1) is 5.92 Å². The second-order valence-corrected chi connectivity index (χ2v) is 6.80. The molecular weight excluding hydrogens is 290 g/mol. The maximum Gasteiger partial charge on any atom is 0.224 e. The van der Waals surface area contributed by atoms with E-state index in [0.29, 0.717) is 6.54 Å². The van der Waals surface area contributed by atoms with Crippen molar-refractivity contribution in [1.82, 2.24) is 15.4 Å². The Morgan fingerprint density at radius 2 is 1.90 bits per heavy atom. The Morgan fingerprint density at radius 1 is 1.24 bits per heavy atom. The van der Waals surface area contributed by atoms with Gasteiger partial charge in [-0.3, -0.25) is 4.79 Å². The average molecular weight is 313 g/mol. The van der Waals surface area contributed by atoms with Crippen molar-refractivity contribution in [2.75, 3.05) is 25.9 Å². The van der Waals surface area contributed by atoms with Gasteiger partial charge in [-0.05, 0) is 12.6 Å². The molecule has 1 atom stereocenters. The van der Waals surface area contributed by atoms with Gasteiger partial charge in [0.25, 0.3) is 0 Å². The molecule has 118 valence electrons. The van der Waals surface area contributed by atoms with E-state index in [1.54, 1.807) is 14.0 Å². The van der Waals surface area contributed by atoms with Crippen LogP contribution in [0.5, 0.6) is 0 Å². The van der Waals surface area contributed by atoms with Crippen LogP contribution in [-0.2, 0) is 21.4 Å². The normalized spacial score (nSPS) is 12.9. The quantitative estimate of drug-likeness (QED) is 0.602. The third kappa shape index (κ3) is 7.22. The van der Waals surface area contributed by atoms with E-state index in [0.717, 1.165) is 5.56 Å². The maximum absolute atomic E-state index is 11.8. The molecule has 0 radical (unpaired) electrons. The molecule has 0 aliphatic heterocycles. The van der Waals surface area contributed by atoms with Crippen LogP contribution in [0.1, 0.15) is 12.5 Å². The molecule has 1 aromatic rings. The molecule has 0 fully saturated rings. The highest BCUT2D eigenvalue weighted by Gasteiger charge is 2.14. The van der Waals surface area contributed by atoms with E-state index in [9.17, 15) is 13.2 Å². The van der Waals surface area contributed by atoms with Crippen LogP contribution in [0.2, 0.25) is 0 Å². The number of carbonyl (C=O) groups is 1. The van der Waals surface area contributed by atoms with Crippen molar-refractivity contribution in [3.8, 4) is 0 Å². The fourth-order valence-electron chi connectivity index (χ4n) is 1.74. The summed E-state index contributed by atoms with van der Waals surface area (Å²) in [5, 5.41) is 5.53. The minimum atomic E-state index is -3.39. The molecule has 1 aromatic carbocycles. The molecule has 0 spiro atoms. The van der Waals surface area contributed by atoms with Crippen molar-refractivity contribution in [3.05, 3.63) is 35.9 Å². The van der Waals surface area contributed by atoms with Crippen LogP contribution in [-0.4, -0.2) is 40.2 Å². The Bertz CT molecular complexity index is 532. The van der Waals surface area contributed by atoms with Gasteiger partial charge in [-0.1, -0.05) is 37.3 Å². The largest absolute Gasteiger partial charge is 0.355 e. The van der Waals surface area contributed by atoms with Gasteiger partial charge in [-0.15, -0.1) is 0 Å². The van der Waals surface area contributed by atoms with Gasteiger partial charge in [0.15, 0.2) is 0 Å². The number of carbonyl (C=O) groups excluding carboxylic acids is 1. The fourth-order valence-corrected chi connectivity index (χ4v) is 2.64. The summed E-state index contributed by atoms with van der Waals surface area (Å²) in [6, 6.07) is 9.29. The fraction of sp³-hybridized carbons (Fsp3) is 0.500. The lowest BCUT2D eigenvalue weighted by Crippen LogP contribution is -2.38. The van der Waals surface area contributed by atoms with E-state index in [1.807, 2.05) is 30.3 Å². The van der Waals surface area contributed by atoms with Crippen molar-refractivity contribution in [2.24, 2.45) is 5.92 Å². The van der Waals surface area contributed by atoms with E-state index in [4.69, 9.17) is 0 Å². The smallest absolute Gasteiger partial charge is 0.224 e. The number of sulfonamides is 1. The third-order valence-corrected chi connectivity index (χ3v) is 4.29. The van der Waals surface area contributed by atoms with Gasteiger partial charge in [0.05, 0.1) is 5.75 Å². The Labute approximate surface area is 126 Å². The van der Waals surface area contributed by atoms with E-state index >= 15 is 0 Å². The predicted octanol–water partition coefficient (Wildman–Crippen LogP) is 0.0777. The summed E-state index contributed by atoms with van der Waals surface area (Å²) in [6.07, 6.45) is 0. The highest BCUT2D eigenvalue weighted by molar-refractivity contribution is 7.89. The van der Waals surface area contributed by atoms with Crippen molar-refractivity contribution < 1.29 is 13.2 Å². The van der Waals surface area contributed by atoms with Gasteiger partial charge in [0.1, 0.15) is 0 Å². The Kier molecular flexibility index (Phi) is 7.35. The van der Waals surface area contributed by atoms with E-state index in [-0.39, 0.29) is 30.7 Å². The van der Waals surface area contributed by atoms with Crippen LogP contribution < -0.4 is 15.4 Å². The zero-order chi connectivity index (χ0) is 15.7. The molecule has 1 amide bonds. The summed E-state index contributed by atoms with van der Waals surface area (Å²) in [7, 11) is -1.63. The standard InChI is InChI=1S/C14H23N3O3S/c1-12(10-15-2)14(18)16-8-9-21(19,20)17-11-13-6-4-3-5-7-13/h3-7,12,15,17H,8-11H2,1-2H3,(H,16,18). The Morgan fingerprint density at radius 3 is 2.52 bits per heavy atom. The summed E-state index contributed by atoms with van der Waals surface area (Å²) in [5.74, 6) is -0.463. The molecule has 1 rings (SSSR count). The molecule has 0 saturated carbocycles. The van der Waals surface area contributed by atoms with Gasteiger partial charge in [0, 0.05) is 25.6 Å². The zero-order valence-corrected chi connectivity index (χ0v) is 13.2. The number of amides is 1. The number of rotatable bonds is 9. The Balaban J connectivity index is 2.31.